The van der Waals surface area contributed by atoms with Crippen LogP contribution in [0.4, 0.5) is 0 Å². The Labute approximate surface area is 159 Å². The first-order chi connectivity index (χ1) is 12.6. The summed E-state index contributed by atoms with van der Waals surface area (Å²) >= 11 is 1.86. The van der Waals surface area contributed by atoms with Crippen LogP contribution in [0.3, 0.4) is 0 Å². The zero-order valence-corrected chi connectivity index (χ0v) is 16.3. The van der Waals surface area contributed by atoms with Crippen molar-refractivity contribution >= 4 is 29.5 Å². The summed E-state index contributed by atoms with van der Waals surface area (Å²) in [4.78, 5) is 27.1. The highest BCUT2D eigenvalue weighted by Crippen LogP contribution is 2.06. The summed E-state index contributed by atoms with van der Waals surface area (Å²) < 4.78 is 0. The van der Waals surface area contributed by atoms with Crippen LogP contribution in [0.15, 0.2) is 29.3 Å². The lowest BCUT2D eigenvalue weighted by Crippen LogP contribution is -2.37. The highest BCUT2D eigenvalue weighted by Gasteiger charge is 2.06. The Morgan fingerprint density at radius 1 is 1.12 bits per heavy atom. The van der Waals surface area contributed by atoms with E-state index in [4.69, 9.17) is 5.73 Å². The zero-order valence-electron chi connectivity index (χ0n) is 15.5. The number of thioether (sulfide) groups is 1. The molecule has 7 nitrogen and oxygen atoms in total. The third-order valence-electron chi connectivity index (χ3n) is 3.47. The Morgan fingerprint density at radius 3 is 2.46 bits per heavy atom. The molecule has 0 aromatic heterocycles. The minimum atomic E-state index is -0.568. The third kappa shape index (κ3) is 9.31. The van der Waals surface area contributed by atoms with Gasteiger partial charge in [-0.2, -0.15) is 11.8 Å². The molecular weight excluding hydrogens is 350 g/mol. The number of aliphatic imine (C=N–C) groups is 1. The molecule has 0 radical (unpaired) electrons. The smallest absolute Gasteiger partial charge is 0.251 e. The van der Waals surface area contributed by atoms with Crippen molar-refractivity contribution in [2.24, 2.45) is 10.7 Å². The van der Waals surface area contributed by atoms with Gasteiger partial charge in [0, 0.05) is 18.7 Å². The molecule has 0 saturated heterocycles. The Hall–Kier alpha value is -2.22. The number of rotatable bonds is 11. The number of carbonyl (C=O) groups is 2. The summed E-state index contributed by atoms with van der Waals surface area (Å²) in [5.41, 5.74) is 6.49. The van der Waals surface area contributed by atoms with Gasteiger partial charge in [0.1, 0.15) is 0 Å². The van der Waals surface area contributed by atoms with E-state index in [0.717, 1.165) is 31.0 Å². The lowest BCUT2D eigenvalue weighted by molar-refractivity contribution is -0.117. The van der Waals surface area contributed by atoms with Gasteiger partial charge >= 0.3 is 0 Å². The normalized spacial score (nSPS) is 11.1. The Balaban J connectivity index is 2.52. The van der Waals surface area contributed by atoms with Crippen LogP contribution in [-0.4, -0.2) is 49.4 Å². The molecule has 0 bridgehead atoms. The summed E-state index contributed by atoms with van der Waals surface area (Å²) in [6.07, 6.45) is 4.42. The van der Waals surface area contributed by atoms with Crippen molar-refractivity contribution in [1.82, 2.24) is 16.0 Å². The van der Waals surface area contributed by atoms with E-state index in [1.165, 1.54) is 12.2 Å². The molecule has 1 aromatic carbocycles. The molecule has 0 aliphatic carbocycles. The van der Waals surface area contributed by atoms with Crippen LogP contribution in [0.5, 0.6) is 0 Å². The number of amides is 2. The molecule has 0 aliphatic heterocycles. The quantitative estimate of drug-likeness (QED) is 0.262. The molecule has 0 unspecified atom stereocenters. The minimum Gasteiger partial charge on any atom is -0.368 e. The topological polar surface area (TPSA) is 109 Å². The molecule has 1 aromatic rings. The van der Waals surface area contributed by atoms with Crippen LogP contribution in [0.2, 0.25) is 0 Å². The zero-order chi connectivity index (χ0) is 19.2. The summed E-state index contributed by atoms with van der Waals surface area (Å²) in [7, 11) is 0. The molecule has 2 amide bonds. The lowest BCUT2D eigenvalue weighted by Gasteiger charge is -2.11. The van der Waals surface area contributed by atoms with E-state index in [2.05, 4.69) is 27.2 Å². The largest absolute Gasteiger partial charge is 0.368 e. The van der Waals surface area contributed by atoms with Crippen LogP contribution < -0.4 is 21.7 Å². The van der Waals surface area contributed by atoms with Crippen molar-refractivity contribution in [1.29, 1.82) is 0 Å². The summed E-state index contributed by atoms with van der Waals surface area (Å²) in [6.45, 7) is 4.08. The molecule has 5 N–H and O–H groups in total. The van der Waals surface area contributed by atoms with Crippen LogP contribution in [0.1, 0.15) is 35.7 Å². The molecule has 8 heteroatoms. The van der Waals surface area contributed by atoms with Crippen LogP contribution in [-0.2, 0) is 11.3 Å². The first kappa shape index (κ1) is 21.8. The number of unbranched alkanes of at least 4 members (excludes halogenated alkanes) is 1. The van der Waals surface area contributed by atoms with E-state index in [-0.39, 0.29) is 12.5 Å². The van der Waals surface area contributed by atoms with Gasteiger partial charge in [-0.1, -0.05) is 12.1 Å². The first-order valence-electron chi connectivity index (χ1n) is 8.73. The Bertz CT molecular complexity index is 590. The molecule has 0 fully saturated rings. The fourth-order valence-electron chi connectivity index (χ4n) is 2.12. The number of nitrogens with one attached hydrogen (secondary N) is 3. The first-order valence-corrected chi connectivity index (χ1v) is 10.1. The van der Waals surface area contributed by atoms with E-state index >= 15 is 0 Å². The van der Waals surface area contributed by atoms with Crippen molar-refractivity contribution in [3.05, 3.63) is 35.4 Å². The van der Waals surface area contributed by atoms with Gasteiger partial charge in [0.15, 0.2) is 5.96 Å². The summed E-state index contributed by atoms with van der Waals surface area (Å²) in [5, 5.41) is 9.01. The van der Waals surface area contributed by atoms with E-state index < -0.39 is 5.91 Å². The van der Waals surface area contributed by atoms with Gasteiger partial charge in [-0.3, -0.25) is 9.59 Å². The minimum absolute atomic E-state index is 0.167. The van der Waals surface area contributed by atoms with Gasteiger partial charge < -0.3 is 21.7 Å². The SMILES string of the molecule is CCNC(=NCc1ccc(C(=O)NCC(N)=O)cc1)NCCCCSC. The van der Waals surface area contributed by atoms with E-state index in [0.29, 0.717) is 12.1 Å². The van der Waals surface area contributed by atoms with E-state index in [1.807, 2.05) is 30.8 Å². The number of guanidine groups is 1. The van der Waals surface area contributed by atoms with Crippen molar-refractivity contribution in [2.45, 2.75) is 26.3 Å². The van der Waals surface area contributed by atoms with Gasteiger partial charge in [0.2, 0.25) is 5.91 Å². The van der Waals surface area contributed by atoms with Crippen LogP contribution >= 0.6 is 11.8 Å². The van der Waals surface area contributed by atoms with Gasteiger partial charge in [-0.15, -0.1) is 0 Å². The number of primary amides is 1. The number of nitrogens with two attached hydrogens (primary N) is 1. The molecule has 0 heterocycles. The van der Waals surface area contributed by atoms with Crippen molar-refractivity contribution in [3.8, 4) is 0 Å². The van der Waals surface area contributed by atoms with E-state index in [1.54, 1.807) is 12.1 Å². The van der Waals surface area contributed by atoms with Crippen molar-refractivity contribution in [3.63, 3.8) is 0 Å². The second-order valence-electron chi connectivity index (χ2n) is 5.67. The van der Waals surface area contributed by atoms with Gasteiger partial charge in [-0.05, 0) is 49.5 Å². The van der Waals surface area contributed by atoms with Gasteiger partial charge in [0.05, 0.1) is 13.1 Å². The van der Waals surface area contributed by atoms with Crippen molar-refractivity contribution in [2.75, 3.05) is 31.6 Å². The van der Waals surface area contributed by atoms with Crippen LogP contribution in [0.25, 0.3) is 0 Å². The average Bonchev–Trinajstić information content (AvgIpc) is 2.64. The van der Waals surface area contributed by atoms with Crippen LogP contribution in [0, 0.1) is 0 Å². The third-order valence-corrected chi connectivity index (χ3v) is 4.17. The lowest BCUT2D eigenvalue weighted by atomic mass is 10.1. The maximum atomic E-state index is 11.8. The fourth-order valence-corrected chi connectivity index (χ4v) is 2.61. The van der Waals surface area contributed by atoms with E-state index in [9.17, 15) is 9.59 Å². The average molecular weight is 380 g/mol. The Kier molecular flexibility index (Phi) is 10.9. The molecule has 0 saturated carbocycles. The predicted octanol–water partition coefficient (Wildman–Crippen LogP) is 1.10. The standard InChI is InChI=1S/C18H29N5O2S/c1-3-20-18(21-10-4-5-11-26-2)23-12-14-6-8-15(9-7-14)17(25)22-13-16(19)24/h6-9H,3-5,10-13H2,1-2H3,(H2,19,24)(H,22,25)(H2,20,21,23). The maximum absolute atomic E-state index is 11.8. The second-order valence-corrected chi connectivity index (χ2v) is 6.65. The van der Waals surface area contributed by atoms with Gasteiger partial charge in [-0.25, -0.2) is 4.99 Å². The highest BCUT2D eigenvalue weighted by molar-refractivity contribution is 7.98. The summed E-state index contributed by atoms with van der Waals surface area (Å²) in [5.74, 6) is 1.08. The molecule has 26 heavy (non-hydrogen) atoms. The number of hydrogen-bond acceptors (Lipinski definition) is 4. The molecule has 144 valence electrons. The number of nitrogens with zero attached hydrogens (tertiary/aromatic N) is 1. The highest BCUT2D eigenvalue weighted by atomic mass is 32.2. The molecule has 0 spiro atoms. The number of hydrogen-bond donors (Lipinski definition) is 4. The van der Waals surface area contributed by atoms with Gasteiger partial charge in [0.25, 0.3) is 5.91 Å². The fraction of sp³-hybridized carbons (Fsp3) is 0.500. The molecule has 0 aliphatic rings. The number of benzene rings is 1. The van der Waals surface area contributed by atoms with Crippen molar-refractivity contribution < 1.29 is 9.59 Å². The summed E-state index contributed by atoms with van der Waals surface area (Å²) in [6, 6.07) is 7.13. The second kappa shape index (κ2) is 13.0. The molecular formula is C18H29N5O2S. The predicted molar refractivity (Wildman–Crippen MR) is 108 cm³/mol. The monoisotopic (exact) mass is 379 g/mol. The maximum Gasteiger partial charge on any atom is 0.251 e. The molecule has 1 rings (SSSR count). The molecule has 0 atom stereocenters. The Morgan fingerprint density at radius 2 is 1.85 bits per heavy atom. The number of carbonyl (C=O) groups excluding carboxylic acids is 2.